The van der Waals surface area contributed by atoms with Crippen LogP contribution in [0.5, 0.6) is 0 Å². The average molecular weight is 228 g/mol. The molecule has 0 aliphatic carbocycles. The summed E-state index contributed by atoms with van der Waals surface area (Å²) in [6.45, 7) is 0. The van der Waals surface area contributed by atoms with E-state index in [2.05, 4.69) is 15.9 Å². The van der Waals surface area contributed by atoms with E-state index in [0.29, 0.717) is 5.56 Å². The lowest BCUT2D eigenvalue weighted by Crippen LogP contribution is -2.21. The molecule has 0 saturated heterocycles. The third kappa shape index (κ3) is 1.85. The van der Waals surface area contributed by atoms with Crippen molar-refractivity contribution in [1.82, 2.24) is 4.90 Å². The fourth-order valence-electron chi connectivity index (χ4n) is 0.876. The van der Waals surface area contributed by atoms with Gasteiger partial charge in [0, 0.05) is 18.6 Å². The number of benzene rings is 1. The van der Waals surface area contributed by atoms with Crippen LogP contribution in [0.1, 0.15) is 10.4 Å². The lowest BCUT2D eigenvalue weighted by atomic mass is 10.2. The van der Waals surface area contributed by atoms with Crippen molar-refractivity contribution in [2.24, 2.45) is 0 Å². The third-order valence-electron chi connectivity index (χ3n) is 1.51. The maximum atomic E-state index is 11.5. The molecule has 0 spiro atoms. The molecule has 0 fully saturated rings. The van der Waals surface area contributed by atoms with Gasteiger partial charge in [-0.15, -0.1) is 0 Å². The van der Waals surface area contributed by atoms with Gasteiger partial charge in [0.1, 0.15) is 0 Å². The summed E-state index contributed by atoms with van der Waals surface area (Å²) in [6.07, 6.45) is 0. The first kappa shape index (κ1) is 9.26. The Balaban J connectivity index is 3.03. The van der Waals surface area contributed by atoms with Crippen LogP contribution >= 0.6 is 15.9 Å². The first-order chi connectivity index (χ1) is 5.63. The Morgan fingerprint density at radius 3 is 2.42 bits per heavy atom. The van der Waals surface area contributed by atoms with Crippen molar-refractivity contribution >= 4 is 21.8 Å². The predicted octanol–water partition coefficient (Wildman–Crippen LogP) is 2.15. The van der Waals surface area contributed by atoms with Crippen LogP contribution in [0.25, 0.3) is 0 Å². The molecular formula is C9H10BrNO. The second kappa shape index (κ2) is 3.72. The van der Waals surface area contributed by atoms with Gasteiger partial charge in [0.25, 0.3) is 5.91 Å². The molecule has 0 atom stereocenters. The van der Waals surface area contributed by atoms with E-state index in [4.69, 9.17) is 0 Å². The largest absolute Gasteiger partial charge is 0.345 e. The van der Waals surface area contributed by atoms with E-state index in [1.807, 2.05) is 18.2 Å². The highest BCUT2D eigenvalue weighted by Gasteiger charge is 2.09. The standard InChI is InChI=1S/C9H10BrNO/c1-11(2)9(12)7-5-3-4-6-8(7)10/h3-6H,1-2H3. The summed E-state index contributed by atoms with van der Waals surface area (Å²) in [6, 6.07) is 7.39. The van der Waals surface area contributed by atoms with Crippen molar-refractivity contribution in [2.75, 3.05) is 14.1 Å². The first-order valence-corrected chi connectivity index (χ1v) is 4.38. The fourth-order valence-corrected chi connectivity index (χ4v) is 1.33. The SMILES string of the molecule is CN(C)C(=O)c1ccccc1Br. The number of carbonyl (C=O) groups excluding carboxylic acids is 1. The van der Waals surface area contributed by atoms with Crippen molar-refractivity contribution < 1.29 is 4.79 Å². The molecule has 0 N–H and O–H groups in total. The number of carbonyl (C=O) groups is 1. The van der Waals surface area contributed by atoms with Gasteiger partial charge >= 0.3 is 0 Å². The molecular weight excluding hydrogens is 218 g/mol. The van der Waals surface area contributed by atoms with Crippen LogP contribution in [0.3, 0.4) is 0 Å². The van der Waals surface area contributed by atoms with Crippen LogP contribution in [0.4, 0.5) is 0 Å². The van der Waals surface area contributed by atoms with E-state index < -0.39 is 0 Å². The summed E-state index contributed by atoms with van der Waals surface area (Å²) in [7, 11) is 3.48. The summed E-state index contributed by atoms with van der Waals surface area (Å²) in [4.78, 5) is 13.0. The molecule has 2 nitrogen and oxygen atoms in total. The van der Waals surface area contributed by atoms with Gasteiger partial charge in [-0.1, -0.05) is 12.1 Å². The van der Waals surface area contributed by atoms with Crippen LogP contribution in [0.15, 0.2) is 28.7 Å². The Morgan fingerprint density at radius 2 is 1.92 bits per heavy atom. The number of rotatable bonds is 1. The highest BCUT2D eigenvalue weighted by Crippen LogP contribution is 2.16. The summed E-state index contributed by atoms with van der Waals surface area (Å²) in [5.74, 6) is 0.0162. The Kier molecular flexibility index (Phi) is 2.87. The Hall–Kier alpha value is -0.830. The van der Waals surface area contributed by atoms with Gasteiger partial charge in [-0.3, -0.25) is 4.79 Å². The Morgan fingerprint density at radius 1 is 1.33 bits per heavy atom. The number of hydrogen-bond acceptors (Lipinski definition) is 1. The Labute approximate surface area is 80.3 Å². The maximum Gasteiger partial charge on any atom is 0.254 e. The summed E-state index contributed by atoms with van der Waals surface area (Å²) < 4.78 is 0.837. The summed E-state index contributed by atoms with van der Waals surface area (Å²) in [5.41, 5.74) is 0.697. The predicted molar refractivity (Wildman–Crippen MR) is 52.2 cm³/mol. The van der Waals surface area contributed by atoms with Crippen molar-refractivity contribution in [3.8, 4) is 0 Å². The fraction of sp³-hybridized carbons (Fsp3) is 0.222. The monoisotopic (exact) mass is 227 g/mol. The number of halogens is 1. The van der Waals surface area contributed by atoms with Crippen molar-refractivity contribution in [2.45, 2.75) is 0 Å². The zero-order chi connectivity index (χ0) is 9.14. The summed E-state index contributed by atoms with van der Waals surface area (Å²) >= 11 is 3.32. The highest BCUT2D eigenvalue weighted by molar-refractivity contribution is 9.10. The first-order valence-electron chi connectivity index (χ1n) is 3.59. The van der Waals surface area contributed by atoms with Crippen LogP contribution in [-0.2, 0) is 0 Å². The molecule has 3 heteroatoms. The van der Waals surface area contributed by atoms with E-state index in [9.17, 15) is 4.79 Å². The second-order valence-corrected chi connectivity index (χ2v) is 3.53. The molecule has 0 bridgehead atoms. The van der Waals surface area contributed by atoms with Crippen molar-refractivity contribution in [3.05, 3.63) is 34.3 Å². The van der Waals surface area contributed by atoms with Crippen molar-refractivity contribution in [1.29, 1.82) is 0 Å². The van der Waals surface area contributed by atoms with Gasteiger partial charge in [0.15, 0.2) is 0 Å². The molecule has 1 aromatic carbocycles. The molecule has 12 heavy (non-hydrogen) atoms. The smallest absolute Gasteiger partial charge is 0.254 e. The zero-order valence-electron chi connectivity index (χ0n) is 7.04. The third-order valence-corrected chi connectivity index (χ3v) is 2.20. The highest BCUT2D eigenvalue weighted by atomic mass is 79.9. The van der Waals surface area contributed by atoms with Crippen LogP contribution in [0, 0.1) is 0 Å². The topological polar surface area (TPSA) is 20.3 Å². The van der Waals surface area contributed by atoms with Gasteiger partial charge in [-0.25, -0.2) is 0 Å². The lowest BCUT2D eigenvalue weighted by molar-refractivity contribution is 0.0827. The lowest BCUT2D eigenvalue weighted by Gasteiger charge is -2.10. The van der Waals surface area contributed by atoms with Crippen LogP contribution in [0.2, 0.25) is 0 Å². The molecule has 0 unspecified atom stereocenters. The summed E-state index contributed by atoms with van der Waals surface area (Å²) in [5, 5.41) is 0. The van der Waals surface area contributed by atoms with E-state index in [0.717, 1.165) is 4.47 Å². The number of nitrogens with zero attached hydrogens (tertiary/aromatic N) is 1. The molecule has 1 amide bonds. The van der Waals surface area contributed by atoms with E-state index in [1.54, 1.807) is 25.1 Å². The van der Waals surface area contributed by atoms with Gasteiger partial charge in [-0.05, 0) is 28.1 Å². The minimum Gasteiger partial charge on any atom is -0.345 e. The molecule has 64 valence electrons. The normalized spacial score (nSPS) is 9.58. The second-order valence-electron chi connectivity index (χ2n) is 2.68. The van der Waals surface area contributed by atoms with Gasteiger partial charge < -0.3 is 4.90 Å². The minimum atomic E-state index is 0.0162. The molecule has 0 aromatic heterocycles. The maximum absolute atomic E-state index is 11.5. The number of amides is 1. The van der Waals surface area contributed by atoms with Gasteiger partial charge in [-0.2, -0.15) is 0 Å². The van der Waals surface area contributed by atoms with E-state index in [1.165, 1.54) is 0 Å². The quantitative estimate of drug-likeness (QED) is 0.721. The molecule has 0 radical (unpaired) electrons. The van der Waals surface area contributed by atoms with Crippen molar-refractivity contribution in [3.63, 3.8) is 0 Å². The minimum absolute atomic E-state index is 0.0162. The van der Waals surface area contributed by atoms with E-state index in [-0.39, 0.29) is 5.91 Å². The molecule has 1 aromatic rings. The molecule has 0 aliphatic rings. The van der Waals surface area contributed by atoms with E-state index >= 15 is 0 Å². The number of hydrogen-bond donors (Lipinski definition) is 0. The van der Waals surface area contributed by atoms with Gasteiger partial charge in [0.05, 0.1) is 5.56 Å². The van der Waals surface area contributed by atoms with Crippen LogP contribution < -0.4 is 0 Å². The molecule has 0 aliphatic heterocycles. The van der Waals surface area contributed by atoms with Crippen LogP contribution in [-0.4, -0.2) is 24.9 Å². The zero-order valence-corrected chi connectivity index (χ0v) is 8.63. The van der Waals surface area contributed by atoms with Gasteiger partial charge in [0.2, 0.25) is 0 Å². The average Bonchev–Trinajstić information content (AvgIpc) is 2.04. The Bertz CT molecular complexity index is 296. The molecule has 1 rings (SSSR count). The molecule has 0 heterocycles. The molecule has 0 saturated carbocycles.